The molecule has 0 aliphatic rings. The standard InChI is InChI=1S/C9H11ClF2N2/c10-5-1-2-6(11)8(9(5)12)7(14)3-4-13/h1-2,7H,3-4,13-14H2/t7-/m1/s1. The fourth-order valence-electron chi connectivity index (χ4n) is 1.21. The van der Waals surface area contributed by atoms with Crippen molar-refractivity contribution in [2.75, 3.05) is 6.54 Å². The molecule has 0 aromatic heterocycles. The molecule has 1 rings (SSSR count). The molecule has 0 aliphatic heterocycles. The number of halogens is 3. The first-order chi connectivity index (χ1) is 6.57. The van der Waals surface area contributed by atoms with E-state index in [1.807, 2.05) is 0 Å². The van der Waals surface area contributed by atoms with Crippen molar-refractivity contribution in [3.8, 4) is 0 Å². The van der Waals surface area contributed by atoms with Crippen LogP contribution in [0.1, 0.15) is 18.0 Å². The number of rotatable bonds is 3. The molecule has 0 fully saturated rings. The van der Waals surface area contributed by atoms with Gasteiger partial charge in [0.1, 0.15) is 11.6 Å². The van der Waals surface area contributed by atoms with Gasteiger partial charge in [0.05, 0.1) is 5.02 Å². The van der Waals surface area contributed by atoms with Gasteiger partial charge in [-0.1, -0.05) is 11.6 Å². The zero-order chi connectivity index (χ0) is 10.7. The maximum Gasteiger partial charge on any atom is 0.149 e. The smallest absolute Gasteiger partial charge is 0.149 e. The van der Waals surface area contributed by atoms with Crippen molar-refractivity contribution in [1.82, 2.24) is 0 Å². The Hall–Kier alpha value is -0.710. The summed E-state index contributed by atoms with van der Waals surface area (Å²) in [5.74, 6) is -1.49. The predicted molar refractivity (Wildman–Crippen MR) is 52.0 cm³/mol. The lowest BCUT2D eigenvalue weighted by atomic mass is 10.0. The van der Waals surface area contributed by atoms with Crippen molar-refractivity contribution >= 4 is 11.6 Å². The van der Waals surface area contributed by atoms with Crippen molar-refractivity contribution in [2.24, 2.45) is 11.5 Å². The highest BCUT2D eigenvalue weighted by Crippen LogP contribution is 2.26. The van der Waals surface area contributed by atoms with Gasteiger partial charge in [0.25, 0.3) is 0 Å². The maximum absolute atomic E-state index is 13.3. The van der Waals surface area contributed by atoms with Gasteiger partial charge in [-0.2, -0.15) is 0 Å². The van der Waals surface area contributed by atoms with E-state index >= 15 is 0 Å². The third-order valence-electron chi connectivity index (χ3n) is 1.93. The molecule has 0 unspecified atom stereocenters. The fourth-order valence-corrected chi connectivity index (χ4v) is 1.37. The second-order valence-corrected chi connectivity index (χ2v) is 3.35. The highest BCUT2D eigenvalue weighted by atomic mass is 35.5. The summed E-state index contributed by atoms with van der Waals surface area (Å²) >= 11 is 5.50. The van der Waals surface area contributed by atoms with Crippen LogP contribution in [0.5, 0.6) is 0 Å². The average Bonchev–Trinajstić information content (AvgIpc) is 2.13. The third-order valence-corrected chi connectivity index (χ3v) is 2.22. The monoisotopic (exact) mass is 220 g/mol. The molecular weight excluding hydrogens is 210 g/mol. The summed E-state index contributed by atoms with van der Waals surface area (Å²) in [7, 11) is 0. The van der Waals surface area contributed by atoms with Gasteiger partial charge in [0.15, 0.2) is 0 Å². The van der Waals surface area contributed by atoms with E-state index in [1.165, 1.54) is 0 Å². The lowest BCUT2D eigenvalue weighted by Crippen LogP contribution is -2.18. The first-order valence-electron chi connectivity index (χ1n) is 4.17. The first kappa shape index (κ1) is 11.4. The quantitative estimate of drug-likeness (QED) is 0.766. The molecule has 0 spiro atoms. The second-order valence-electron chi connectivity index (χ2n) is 2.94. The van der Waals surface area contributed by atoms with Crippen LogP contribution in [-0.4, -0.2) is 6.54 Å². The van der Waals surface area contributed by atoms with Crippen molar-refractivity contribution in [1.29, 1.82) is 0 Å². The zero-order valence-electron chi connectivity index (χ0n) is 7.43. The van der Waals surface area contributed by atoms with Crippen LogP contribution in [0.25, 0.3) is 0 Å². The maximum atomic E-state index is 13.3. The molecule has 0 heterocycles. The highest BCUT2D eigenvalue weighted by Gasteiger charge is 2.18. The Bertz CT molecular complexity index is 331. The Balaban J connectivity index is 3.11. The summed E-state index contributed by atoms with van der Waals surface area (Å²) < 4.78 is 26.5. The molecule has 0 aliphatic carbocycles. The van der Waals surface area contributed by atoms with E-state index in [0.29, 0.717) is 6.42 Å². The minimum atomic E-state index is -0.799. The summed E-state index contributed by atoms with van der Waals surface area (Å²) in [5.41, 5.74) is 10.6. The molecular formula is C9H11ClF2N2. The minimum Gasteiger partial charge on any atom is -0.330 e. The summed E-state index contributed by atoms with van der Waals surface area (Å²) in [5, 5.41) is -0.131. The SMILES string of the molecule is NCC[C@@H](N)c1c(F)ccc(Cl)c1F. The molecule has 0 radical (unpaired) electrons. The summed E-state index contributed by atoms with van der Waals surface area (Å²) in [4.78, 5) is 0. The van der Waals surface area contributed by atoms with Crippen molar-refractivity contribution in [3.63, 3.8) is 0 Å². The number of benzene rings is 1. The molecule has 1 aromatic carbocycles. The fraction of sp³-hybridized carbons (Fsp3) is 0.333. The molecule has 2 nitrogen and oxygen atoms in total. The molecule has 4 N–H and O–H groups in total. The molecule has 78 valence electrons. The summed E-state index contributed by atoms with van der Waals surface area (Å²) in [6.45, 7) is 0.270. The summed E-state index contributed by atoms with van der Waals surface area (Å²) in [6.07, 6.45) is 0.314. The molecule has 14 heavy (non-hydrogen) atoms. The zero-order valence-corrected chi connectivity index (χ0v) is 8.19. The molecule has 0 bridgehead atoms. The number of hydrogen-bond acceptors (Lipinski definition) is 2. The lowest BCUT2D eigenvalue weighted by Gasteiger charge is -2.13. The molecule has 1 atom stereocenters. The Kier molecular flexibility index (Phi) is 3.80. The van der Waals surface area contributed by atoms with Gasteiger partial charge in [-0.15, -0.1) is 0 Å². The first-order valence-corrected chi connectivity index (χ1v) is 4.54. The normalized spacial score (nSPS) is 12.9. The second kappa shape index (κ2) is 4.68. The van der Waals surface area contributed by atoms with Crippen LogP contribution in [0, 0.1) is 11.6 Å². The largest absolute Gasteiger partial charge is 0.330 e. The minimum absolute atomic E-state index is 0.131. The molecule has 0 amide bonds. The van der Waals surface area contributed by atoms with Crippen molar-refractivity contribution < 1.29 is 8.78 Å². The van der Waals surface area contributed by atoms with Crippen molar-refractivity contribution in [3.05, 3.63) is 34.4 Å². The van der Waals surface area contributed by atoms with Crippen LogP contribution in [-0.2, 0) is 0 Å². The van der Waals surface area contributed by atoms with Crippen LogP contribution in [0.4, 0.5) is 8.78 Å². The third kappa shape index (κ3) is 2.20. The van der Waals surface area contributed by atoms with E-state index < -0.39 is 17.7 Å². The Morgan fingerprint density at radius 2 is 2.00 bits per heavy atom. The van der Waals surface area contributed by atoms with Crippen LogP contribution in [0.15, 0.2) is 12.1 Å². The van der Waals surface area contributed by atoms with E-state index in [4.69, 9.17) is 23.1 Å². The number of hydrogen-bond donors (Lipinski definition) is 2. The van der Waals surface area contributed by atoms with Gasteiger partial charge >= 0.3 is 0 Å². The van der Waals surface area contributed by atoms with Gasteiger partial charge in [0.2, 0.25) is 0 Å². The topological polar surface area (TPSA) is 52.0 Å². The molecule has 0 saturated carbocycles. The molecule has 5 heteroatoms. The number of nitrogens with two attached hydrogens (primary N) is 2. The summed E-state index contributed by atoms with van der Waals surface area (Å²) in [6, 6.07) is 1.50. The van der Waals surface area contributed by atoms with E-state index in [9.17, 15) is 8.78 Å². The van der Waals surface area contributed by atoms with Crippen LogP contribution < -0.4 is 11.5 Å². The molecule has 1 aromatic rings. The van der Waals surface area contributed by atoms with E-state index in [0.717, 1.165) is 12.1 Å². The predicted octanol–water partition coefficient (Wildman–Crippen LogP) is 1.97. The van der Waals surface area contributed by atoms with Gasteiger partial charge in [-0.3, -0.25) is 0 Å². The Morgan fingerprint density at radius 3 is 2.57 bits per heavy atom. The average molecular weight is 221 g/mol. The van der Waals surface area contributed by atoms with Gasteiger partial charge < -0.3 is 11.5 Å². The Labute approximate surface area is 85.8 Å². The van der Waals surface area contributed by atoms with Crippen LogP contribution >= 0.6 is 11.6 Å². The Morgan fingerprint density at radius 1 is 1.36 bits per heavy atom. The van der Waals surface area contributed by atoms with E-state index in [2.05, 4.69) is 0 Å². The highest BCUT2D eigenvalue weighted by molar-refractivity contribution is 6.30. The van der Waals surface area contributed by atoms with Gasteiger partial charge in [0, 0.05) is 11.6 Å². The lowest BCUT2D eigenvalue weighted by molar-refractivity contribution is 0.515. The van der Waals surface area contributed by atoms with Gasteiger partial charge in [-0.25, -0.2) is 8.78 Å². The molecule has 0 saturated heterocycles. The van der Waals surface area contributed by atoms with E-state index in [-0.39, 0.29) is 17.1 Å². The van der Waals surface area contributed by atoms with E-state index in [1.54, 1.807) is 0 Å². The van der Waals surface area contributed by atoms with Gasteiger partial charge in [-0.05, 0) is 25.1 Å². The van der Waals surface area contributed by atoms with Crippen molar-refractivity contribution in [2.45, 2.75) is 12.5 Å². The van der Waals surface area contributed by atoms with Crippen LogP contribution in [0.2, 0.25) is 5.02 Å². The van der Waals surface area contributed by atoms with Crippen LogP contribution in [0.3, 0.4) is 0 Å².